The smallest absolute Gasteiger partial charge is 0.399 e. The Balaban J connectivity index is 1.57. The van der Waals surface area contributed by atoms with Gasteiger partial charge >= 0.3 is 6.18 Å². The summed E-state index contributed by atoms with van der Waals surface area (Å²) >= 11 is 0. The van der Waals surface area contributed by atoms with Crippen LogP contribution in [0, 0.1) is 0 Å². The molecule has 3 heterocycles. The number of aromatic nitrogens is 3. The lowest BCUT2D eigenvalue weighted by atomic mass is 10.0. The fraction of sp³-hybridized carbons (Fsp3) is 0.381. The lowest BCUT2D eigenvalue weighted by Crippen LogP contribution is -2.48. The molecule has 32 heavy (non-hydrogen) atoms. The van der Waals surface area contributed by atoms with Crippen LogP contribution in [0.25, 0.3) is 5.52 Å². The maximum absolute atomic E-state index is 13.2. The van der Waals surface area contributed by atoms with E-state index in [1.54, 1.807) is 18.4 Å². The molecule has 1 atom stereocenters. The topological polar surface area (TPSA) is 91.8 Å². The molecule has 1 saturated heterocycles. The maximum Gasteiger partial charge on any atom is 0.416 e. The van der Waals surface area contributed by atoms with Gasteiger partial charge in [0.05, 0.1) is 23.5 Å². The van der Waals surface area contributed by atoms with Crippen LogP contribution >= 0.6 is 0 Å². The van der Waals surface area contributed by atoms with E-state index in [1.807, 2.05) is 17.2 Å². The number of anilines is 3. The number of hydrogen-bond donors (Lipinski definition) is 2. The lowest BCUT2D eigenvalue weighted by Gasteiger charge is -2.34. The van der Waals surface area contributed by atoms with Gasteiger partial charge in [-0.1, -0.05) is 0 Å². The number of nitrogens with two attached hydrogens (primary N) is 1. The first kappa shape index (κ1) is 21.7. The number of hydrogen-bond acceptors (Lipinski definition) is 6. The van der Waals surface area contributed by atoms with Gasteiger partial charge in [0.1, 0.15) is 11.8 Å². The number of carbonyl (C=O) groups is 1. The minimum atomic E-state index is -4.48. The van der Waals surface area contributed by atoms with Crippen molar-refractivity contribution in [2.45, 2.75) is 26.1 Å². The number of carbonyl (C=O) groups excluding carboxylic acids is 1. The molecule has 11 heteroatoms. The SMILES string of the molecule is CC(=O)N1CCN(c2cc3c(N[C@H](C)c4cc(N)cc(C(F)(F)F)c4)ncnn3c2)CC1. The molecule has 2 aromatic heterocycles. The second kappa shape index (κ2) is 8.21. The summed E-state index contributed by atoms with van der Waals surface area (Å²) in [6, 6.07) is 4.98. The summed E-state index contributed by atoms with van der Waals surface area (Å²) < 4.78 is 41.2. The predicted molar refractivity (Wildman–Crippen MR) is 115 cm³/mol. The molecule has 3 N–H and O–H groups in total. The van der Waals surface area contributed by atoms with E-state index >= 15 is 0 Å². The Hall–Kier alpha value is -3.50. The van der Waals surface area contributed by atoms with Crippen LogP contribution in [0.15, 0.2) is 36.8 Å². The van der Waals surface area contributed by atoms with E-state index in [-0.39, 0.29) is 11.6 Å². The first-order valence-corrected chi connectivity index (χ1v) is 10.2. The molecule has 0 aliphatic carbocycles. The summed E-state index contributed by atoms with van der Waals surface area (Å²) in [4.78, 5) is 19.8. The van der Waals surface area contributed by atoms with Gasteiger partial charge in [-0.2, -0.15) is 18.3 Å². The van der Waals surface area contributed by atoms with Crippen LogP contribution in [0.1, 0.15) is 31.0 Å². The van der Waals surface area contributed by atoms with Gasteiger partial charge in [-0.05, 0) is 36.8 Å². The number of nitrogens with one attached hydrogen (secondary N) is 1. The first-order valence-electron chi connectivity index (χ1n) is 10.2. The van der Waals surface area contributed by atoms with Gasteiger partial charge < -0.3 is 20.9 Å². The number of rotatable bonds is 4. The largest absolute Gasteiger partial charge is 0.416 e. The Morgan fingerprint density at radius 1 is 1.16 bits per heavy atom. The minimum absolute atomic E-state index is 0.0472. The Morgan fingerprint density at radius 3 is 2.53 bits per heavy atom. The van der Waals surface area contributed by atoms with Crippen LogP contribution in [0.3, 0.4) is 0 Å². The van der Waals surface area contributed by atoms with Crippen molar-refractivity contribution >= 4 is 28.6 Å². The standard InChI is InChI=1S/C21H24F3N7O/c1-13(15-7-16(21(22,23)24)9-17(25)8-15)28-20-19-10-18(11-31(19)27-12-26-20)30-5-3-29(4-6-30)14(2)32/h7-13H,3-6,25H2,1-2H3,(H,26,27,28)/t13-/m1/s1. The number of nitrogens with zero attached hydrogens (tertiary/aromatic N) is 5. The molecule has 4 rings (SSSR count). The van der Waals surface area contributed by atoms with Crippen molar-refractivity contribution in [2.75, 3.05) is 42.1 Å². The molecule has 1 aliphatic rings. The molecule has 1 aromatic carbocycles. The third-order valence-corrected chi connectivity index (χ3v) is 5.64. The molecule has 0 saturated carbocycles. The normalized spacial score (nSPS) is 15.8. The van der Waals surface area contributed by atoms with Crippen molar-refractivity contribution in [1.29, 1.82) is 0 Å². The highest BCUT2D eigenvalue weighted by Gasteiger charge is 2.31. The van der Waals surface area contributed by atoms with Crippen molar-refractivity contribution in [3.63, 3.8) is 0 Å². The molecule has 3 aromatic rings. The van der Waals surface area contributed by atoms with Gasteiger partial charge in [-0.15, -0.1) is 0 Å². The summed E-state index contributed by atoms with van der Waals surface area (Å²) in [5.41, 5.74) is 7.00. The second-order valence-electron chi connectivity index (χ2n) is 7.88. The quantitative estimate of drug-likeness (QED) is 0.597. The Bertz CT molecular complexity index is 1140. The molecule has 1 aliphatic heterocycles. The third kappa shape index (κ3) is 4.41. The summed E-state index contributed by atoms with van der Waals surface area (Å²) in [6.07, 6.45) is -1.21. The van der Waals surface area contributed by atoms with Crippen LogP contribution in [-0.4, -0.2) is 51.6 Å². The van der Waals surface area contributed by atoms with Crippen LogP contribution in [0.4, 0.5) is 30.4 Å². The monoisotopic (exact) mass is 447 g/mol. The van der Waals surface area contributed by atoms with Gasteiger partial charge in [0, 0.05) is 38.8 Å². The maximum atomic E-state index is 13.2. The van der Waals surface area contributed by atoms with Crippen molar-refractivity contribution < 1.29 is 18.0 Å². The summed E-state index contributed by atoms with van der Waals surface area (Å²) in [6.45, 7) is 6.01. The molecular formula is C21H24F3N7O. The van der Waals surface area contributed by atoms with Crippen molar-refractivity contribution in [3.8, 4) is 0 Å². The highest BCUT2D eigenvalue weighted by molar-refractivity contribution is 5.75. The van der Waals surface area contributed by atoms with E-state index in [9.17, 15) is 18.0 Å². The van der Waals surface area contributed by atoms with Crippen LogP contribution in [0.5, 0.6) is 0 Å². The van der Waals surface area contributed by atoms with Gasteiger partial charge in [0.2, 0.25) is 5.91 Å². The highest BCUT2D eigenvalue weighted by Crippen LogP contribution is 2.34. The first-order chi connectivity index (χ1) is 15.1. The molecule has 0 radical (unpaired) electrons. The zero-order valence-corrected chi connectivity index (χ0v) is 17.7. The van der Waals surface area contributed by atoms with E-state index in [0.29, 0.717) is 43.1 Å². The highest BCUT2D eigenvalue weighted by atomic mass is 19.4. The minimum Gasteiger partial charge on any atom is -0.399 e. The fourth-order valence-electron chi connectivity index (χ4n) is 3.86. The number of nitrogen functional groups attached to an aromatic ring is 1. The van der Waals surface area contributed by atoms with Crippen LogP contribution in [-0.2, 0) is 11.0 Å². The third-order valence-electron chi connectivity index (χ3n) is 5.64. The molecule has 8 nitrogen and oxygen atoms in total. The molecule has 1 fully saturated rings. The average Bonchev–Trinajstić information content (AvgIpc) is 3.18. The molecule has 0 unspecified atom stereocenters. The summed E-state index contributed by atoms with van der Waals surface area (Å²) in [7, 11) is 0. The molecule has 0 spiro atoms. The van der Waals surface area contributed by atoms with E-state index in [0.717, 1.165) is 17.8 Å². The Morgan fingerprint density at radius 2 is 1.88 bits per heavy atom. The Labute approximate surface area is 182 Å². The number of amides is 1. The van der Waals surface area contributed by atoms with Crippen molar-refractivity contribution in [3.05, 3.63) is 47.9 Å². The van der Waals surface area contributed by atoms with E-state index in [2.05, 4.69) is 20.3 Å². The fourth-order valence-corrected chi connectivity index (χ4v) is 3.86. The van der Waals surface area contributed by atoms with Crippen LogP contribution < -0.4 is 16.0 Å². The van der Waals surface area contributed by atoms with Gasteiger partial charge in [-0.3, -0.25) is 4.79 Å². The number of alkyl halides is 3. The zero-order chi connectivity index (χ0) is 23.0. The summed E-state index contributed by atoms with van der Waals surface area (Å²) in [5, 5.41) is 7.43. The van der Waals surface area contributed by atoms with Gasteiger partial charge in [-0.25, -0.2) is 9.50 Å². The molecule has 170 valence electrons. The average molecular weight is 447 g/mol. The molecular weight excluding hydrogens is 423 g/mol. The van der Waals surface area contributed by atoms with E-state index in [4.69, 9.17) is 5.73 Å². The lowest BCUT2D eigenvalue weighted by molar-refractivity contribution is -0.137. The Kier molecular flexibility index (Phi) is 5.57. The molecule has 0 bridgehead atoms. The van der Waals surface area contributed by atoms with Gasteiger partial charge in [0.25, 0.3) is 0 Å². The number of halogens is 3. The molecule has 1 amide bonds. The number of piperazine rings is 1. The summed E-state index contributed by atoms with van der Waals surface area (Å²) in [5.74, 6) is 0.561. The second-order valence-corrected chi connectivity index (χ2v) is 7.88. The van der Waals surface area contributed by atoms with Gasteiger partial charge in [0.15, 0.2) is 5.82 Å². The van der Waals surface area contributed by atoms with E-state index in [1.165, 1.54) is 12.4 Å². The van der Waals surface area contributed by atoms with Crippen molar-refractivity contribution in [2.24, 2.45) is 0 Å². The predicted octanol–water partition coefficient (Wildman–Crippen LogP) is 3.17. The van der Waals surface area contributed by atoms with Crippen LogP contribution in [0.2, 0.25) is 0 Å². The van der Waals surface area contributed by atoms with Crippen molar-refractivity contribution in [1.82, 2.24) is 19.5 Å². The number of benzene rings is 1. The zero-order valence-electron chi connectivity index (χ0n) is 17.7. The number of fused-ring (bicyclic) bond motifs is 1. The van der Waals surface area contributed by atoms with E-state index < -0.39 is 17.8 Å².